The van der Waals surface area contributed by atoms with Crippen LogP contribution in [0.4, 0.5) is 0 Å². The first-order valence-electron chi connectivity index (χ1n) is 7.05. The molecule has 102 valence electrons. The molecule has 1 rings (SSSR count). The van der Waals surface area contributed by atoms with E-state index in [4.69, 9.17) is 9.47 Å². The van der Waals surface area contributed by atoms with Crippen LogP contribution in [0.5, 0.6) is 0 Å². The molecule has 1 heterocycles. The van der Waals surface area contributed by atoms with E-state index in [0.717, 1.165) is 19.6 Å². The van der Waals surface area contributed by atoms with Crippen LogP contribution in [0.15, 0.2) is 0 Å². The van der Waals surface area contributed by atoms with Crippen LogP contribution in [0.25, 0.3) is 0 Å². The Hall–Kier alpha value is -0.120. The Morgan fingerprint density at radius 3 is 2.76 bits per heavy atom. The van der Waals surface area contributed by atoms with Crippen LogP contribution in [0, 0.1) is 5.92 Å². The molecule has 1 saturated heterocycles. The average molecular weight is 243 g/mol. The monoisotopic (exact) mass is 243 g/mol. The molecule has 0 aromatic rings. The van der Waals surface area contributed by atoms with Crippen LogP contribution < -0.4 is 5.32 Å². The van der Waals surface area contributed by atoms with E-state index in [-0.39, 0.29) is 0 Å². The lowest BCUT2D eigenvalue weighted by Crippen LogP contribution is -2.34. The normalized spacial score (nSPS) is 24.5. The van der Waals surface area contributed by atoms with Crippen LogP contribution in [-0.4, -0.2) is 39.5 Å². The predicted octanol–water partition coefficient (Wildman–Crippen LogP) is 2.60. The summed E-state index contributed by atoms with van der Waals surface area (Å²) in [5, 5.41) is 3.44. The van der Waals surface area contributed by atoms with Crippen LogP contribution in [0.2, 0.25) is 0 Å². The summed E-state index contributed by atoms with van der Waals surface area (Å²) >= 11 is 0. The highest BCUT2D eigenvalue weighted by Crippen LogP contribution is 2.20. The van der Waals surface area contributed by atoms with E-state index in [9.17, 15) is 0 Å². The van der Waals surface area contributed by atoms with Crippen molar-refractivity contribution in [2.45, 2.75) is 57.6 Å². The van der Waals surface area contributed by atoms with Gasteiger partial charge in [0, 0.05) is 26.4 Å². The molecule has 0 bridgehead atoms. The van der Waals surface area contributed by atoms with Gasteiger partial charge in [-0.25, -0.2) is 0 Å². The molecule has 3 nitrogen and oxygen atoms in total. The highest BCUT2D eigenvalue weighted by atomic mass is 16.5. The van der Waals surface area contributed by atoms with Crippen molar-refractivity contribution in [1.82, 2.24) is 5.32 Å². The van der Waals surface area contributed by atoms with Gasteiger partial charge >= 0.3 is 0 Å². The van der Waals surface area contributed by atoms with Crippen molar-refractivity contribution in [2.75, 3.05) is 27.4 Å². The SMILES string of the molecule is CNC(CCC1CCCCO1)C(C)CCOC. The highest BCUT2D eigenvalue weighted by molar-refractivity contribution is 4.75. The Kier molecular flexibility index (Phi) is 7.82. The van der Waals surface area contributed by atoms with Gasteiger partial charge in [-0.3, -0.25) is 0 Å². The van der Waals surface area contributed by atoms with Crippen molar-refractivity contribution in [1.29, 1.82) is 0 Å². The van der Waals surface area contributed by atoms with Crippen molar-refractivity contribution in [3.63, 3.8) is 0 Å². The molecule has 0 amide bonds. The molecule has 3 unspecified atom stereocenters. The maximum Gasteiger partial charge on any atom is 0.0575 e. The molecule has 0 radical (unpaired) electrons. The standard InChI is InChI=1S/C14H29NO2/c1-12(9-11-16-3)14(15-2)8-7-13-6-4-5-10-17-13/h12-15H,4-11H2,1-3H3. The summed E-state index contributed by atoms with van der Waals surface area (Å²) in [6.07, 6.45) is 7.89. The maximum absolute atomic E-state index is 5.78. The summed E-state index contributed by atoms with van der Waals surface area (Å²) in [6.45, 7) is 4.13. The third-order valence-corrected chi connectivity index (χ3v) is 3.91. The lowest BCUT2D eigenvalue weighted by molar-refractivity contribution is 0.00750. The van der Waals surface area contributed by atoms with Gasteiger partial charge in [0.05, 0.1) is 6.10 Å². The van der Waals surface area contributed by atoms with Crippen molar-refractivity contribution in [3.05, 3.63) is 0 Å². The summed E-state index contributed by atoms with van der Waals surface area (Å²) in [6, 6.07) is 0.593. The van der Waals surface area contributed by atoms with E-state index in [1.165, 1.54) is 32.1 Å². The summed E-state index contributed by atoms with van der Waals surface area (Å²) in [5.41, 5.74) is 0. The zero-order valence-corrected chi connectivity index (χ0v) is 11.7. The predicted molar refractivity (Wildman–Crippen MR) is 71.3 cm³/mol. The van der Waals surface area contributed by atoms with Gasteiger partial charge in [-0.05, 0) is 51.5 Å². The van der Waals surface area contributed by atoms with E-state index in [2.05, 4.69) is 19.3 Å². The van der Waals surface area contributed by atoms with Gasteiger partial charge in [0.25, 0.3) is 0 Å². The van der Waals surface area contributed by atoms with Gasteiger partial charge in [0.15, 0.2) is 0 Å². The first-order chi connectivity index (χ1) is 8.27. The quantitative estimate of drug-likeness (QED) is 0.711. The fourth-order valence-corrected chi connectivity index (χ4v) is 2.62. The third kappa shape index (κ3) is 5.84. The average Bonchev–Trinajstić information content (AvgIpc) is 2.38. The van der Waals surface area contributed by atoms with E-state index in [1.807, 2.05) is 0 Å². The summed E-state index contributed by atoms with van der Waals surface area (Å²) in [5.74, 6) is 0.670. The minimum absolute atomic E-state index is 0.509. The summed E-state index contributed by atoms with van der Waals surface area (Å²) in [7, 11) is 3.84. The molecule has 0 aliphatic carbocycles. The number of methoxy groups -OCH3 is 1. The Bertz CT molecular complexity index is 181. The van der Waals surface area contributed by atoms with Gasteiger partial charge in [-0.1, -0.05) is 6.92 Å². The number of hydrogen-bond acceptors (Lipinski definition) is 3. The number of ether oxygens (including phenoxy) is 2. The van der Waals surface area contributed by atoms with Gasteiger partial charge < -0.3 is 14.8 Å². The second-order valence-corrected chi connectivity index (χ2v) is 5.22. The molecule has 3 atom stereocenters. The Morgan fingerprint density at radius 1 is 1.35 bits per heavy atom. The third-order valence-electron chi connectivity index (χ3n) is 3.91. The van der Waals surface area contributed by atoms with Crippen LogP contribution in [0.3, 0.4) is 0 Å². The highest BCUT2D eigenvalue weighted by Gasteiger charge is 2.19. The Labute approximate surface area is 106 Å². The maximum atomic E-state index is 5.78. The molecule has 1 N–H and O–H groups in total. The van der Waals surface area contributed by atoms with Gasteiger partial charge in [-0.15, -0.1) is 0 Å². The Balaban J connectivity index is 2.20. The first kappa shape index (κ1) is 14.9. The topological polar surface area (TPSA) is 30.5 Å². The molecule has 0 aromatic heterocycles. The summed E-state index contributed by atoms with van der Waals surface area (Å²) in [4.78, 5) is 0. The largest absolute Gasteiger partial charge is 0.385 e. The zero-order valence-electron chi connectivity index (χ0n) is 11.7. The van der Waals surface area contributed by atoms with Crippen LogP contribution in [-0.2, 0) is 9.47 Å². The number of hydrogen-bond donors (Lipinski definition) is 1. The molecular weight excluding hydrogens is 214 g/mol. The molecule has 0 saturated carbocycles. The molecule has 1 fully saturated rings. The van der Waals surface area contributed by atoms with Crippen LogP contribution in [0.1, 0.15) is 45.4 Å². The van der Waals surface area contributed by atoms with Crippen molar-refractivity contribution < 1.29 is 9.47 Å². The van der Waals surface area contributed by atoms with Gasteiger partial charge in [-0.2, -0.15) is 0 Å². The minimum Gasteiger partial charge on any atom is -0.385 e. The second kappa shape index (κ2) is 8.90. The summed E-state index contributed by atoms with van der Waals surface area (Å²) < 4.78 is 10.9. The lowest BCUT2D eigenvalue weighted by atomic mass is 9.92. The lowest BCUT2D eigenvalue weighted by Gasteiger charge is -2.27. The van der Waals surface area contributed by atoms with Gasteiger partial charge in [0.2, 0.25) is 0 Å². The zero-order chi connectivity index (χ0) is 12.5. The fraction of sp³-hybridized carbons (Fsp3) is 1.00. The van der Waals surface area contributed by atoms with E-state index in [1.54, 1.807) is 7.11 Å². The van der Waals surface area contributed by atoms with E-state index < -0.39 is 0 Å². The Morgan fingerprint density at radius 2 is 2.18 bits per heavy atom. The molecule has 3 heteroatoms. The van der Waals surface area contributed by atoms with Crippen molar-refractivity contribution >= 4 is 0 Å². The fourth-order valence-electron chi connectivity index (χ4n) is 2.62. The molecule has 1 aliphatic rings. The number of nitrogens with one attached hydrogen (secondary N) is 1. The van der Waals surface area contributed by atoms with Crippen LogP contribution >= 0.6 is 0 Å². The van der Waals surface area contributed by atoms with Crippen molar-refractivity contribution in [3.8, 4) is 0 Å². The molecular formula is C14H29NO2. The van der Waals surface area contributed by atoms with Gasteiger partial charge in [0.1, 0.15) is 0 Å². The molecule has 0 aromatic carbocycles. The smallest absolute Gasteiger partial charge is 0.0575 e. The first-order valence-corrected chi connectivity index (χ1v) is 7.05. The molecule has 0 spiro atoms. The molecule has 17 heavy (non-hydrogen) atoms. The van der Waals surface area contributed by atoms with Crippen molar-refractivity contribution in [2.24, 2.45) is 5.92 Å². The minimum atomic E-state index is 0.509. The number of rotatable bonds is 8. The second-order valence-electron chi connectivity index (χ2n) is 5.22. The molecule has 1 aliphatic heterocycles. The van der Waals surface area contributed by atoms with E-state index in [0.29, 0.717) is 18.1 Å². The van der Waals surface area contributed by atoms with E-state index >= 15 is 0 Å².